The third-order valence-electron chi connectivity index (χ3n) is 7.27. The van der Waals surface area contributed by atoms with Gasteiger partial charge in [-0.1, -0.05) is 69.0 Å². The van der Waals surface area contributed by atoms with E-state index >= 15 is 0 Å². The van der Waals surface area contributed by atoms with Gasteiger partial charge in [0.2, 0.25) is 5.75 Å². The van der Waals surface area contributed by atoms with Gasteiger partial charge in [-0.25, -0.2) is 13.2 Å². The average molecular weight is 521 g/mol. The molecule has 1 aliphatic rings. The van der Waals surface area contributed by atoms with Crippen molar-refractivity contribution in [3.63, 3.8) is 0 Å². The molecule has 1 saturated carbocycles. The van der Waals surface area contributed by atoms with Crippen LogP contribution in [0, 0.1) is 23.4 Å². The number of alkyl halides is 3. The van der Waals surface area contributed by atoms with Gasteiger partial charge in [0, 0.05) is 5.56 Å². The Kier molecular flexibility index (Phi) is 8.50. The summed E-state index contributed by atoms with van der Waals surface area (Å²) in [5.74, 6) is -4.09. The first-order valence-electron chi connectivity index (χ1n) is 12.8. The molecule has 3 aromatic carbocycles. The molecule has 7 heteroatoms. The molecular formula is C30H30F6O. The molecule has 0 N–H and O–H groups in total. The fraction of sp³-hybridized carbons (Fsp3) is 0.400. The molecule has 0 heterocycles. The highest BCUT2D eigenvalue weighted by molar-refractivity contribution is 5.71. The Hall–Kier alpha value is -2.96. The highest BCUT2D eigenvalue weighted by Gasteiger charge is 2.34. The molecule has 0 amide bonds. The molecule has 0 aromatic heterocycles. The first-order valence-corrected chi connectivity index (χ1v) is 12.8. The molecule has 0 unspecified atom stereocenters. The van der Waals surface area contributed by atoms with Crippen LogP contribution in [0.5, 0.6) is 5.75 Å². The fourth-order valence-corrected chi connectivity index (χ4v) is 5.27. The van der Waals surface area contributed by atoms with Crippen molar-refractivity contribution < 1.29 is 31.1 Å². The third kappa shape index (κ3) is 6.88. The van der Waals surface area contributed by atoms with Gasteiger partial charge in [-0.3, -0.25) is 0 Å². The van der Waals surface area contributed by atoms with E-state index in [0.29, 0.717) is 23.6 Å². The molecule has 37 heavy (non-hydrogen) atoms. The average Bonchev–Trinajstić information content (AvgIpc) is 2.86. The van der Waals surface area contributed by atoms with Gasteiger partial charge < -0.3 is 4.74 Å². The normalized spacial score (nSPS) is 18.1. The van der Waals surface area contributed by atoms with Crippen LogP contribution in [0.15, 0.2) is 54.6 Å². The van der Waals surface area contributed by atoms with Gasteiger partial charge in [0.15, 0.2) is 11.6 Å². The summed E-state index contributed by atoms with van der Waals surface area (Å²) in [5.41, 5.74) is 2.31. The second-order valence-corrected chi connectivity index (χ2v) is 9.85. The Morgan fingerprint density at radius 1 is 0.730 bits per heavy atom. The number of ether oxygens (including phenoxy) is 1. The molecule has 1 aliphatic carbocycles. The van der Waals surface area contributed by atoms with Crippen molar-refractivity contribution in [2.24, 2.45) is 5.92 Å². The molecule has 1 fully saturated rings. The van der Waals surface area contributed by atoms with Gasteiger partial charge in [0.05, 0.1) is 0 Å². The minimum atomic E-state index is -5.25. The molecule has 0 atom stereocenters. The van der Waals surface area contributed by atoms with Crippen molar-refractivity contribution in [3.8, 4) is 28.0 Å². The summed E-state index contributed by atoms with van der Waals surface area (Å²) in [7, 11) is 0. The topological polar surface area (TPSA) is 9.23 Å². The van der Waals surface area contributed by atoms with Crippen LogP contribution >= 0.6 is 0 Å². The molecule has 0 bridgehead atoms. The van der Waals surface area contributed by atoms with Gasteiger partial charge in [-0.05, 0) is 78.0 Å². The quantitative estimate of drug-likeness (QED) is 0.212. The van der Waals surface area contributed by atoms with Crippen molar-refractivity contribution in [2.75, 3.05) is 0 Å². The maximum Gasteiger partial charge on any atom is 0.573 e. The Labute approximate surface area is 213 Å². The molecular weight excluding hydrogens is 490 g/mol. The zero-order valence-corrected chi connectivity index (χ0v) is 20.7. The molecule has 3 aromatic rings. The molecule has 0 radical (unpaired) electrons. The van der Waals surface area contributed by atoms with E-state index in [1.165, 1.54) is 69.1 Å². The second kappa shape index (κ2) is 11.6. The van der Waals surface area contributed by atoms with E-state index in [0.717, 1.165) is 11.5 Å². The predicted octanol–water partition coefficient (Wildman–Crippen LogP) is 10.2. The van der Waals surface area contributed by atoms with Crippen LogP contribution in [0.3, 0.4) is 0 Å². The summed E-state index contributed by atoms with van der Waals surface area (Å²) >= 11 is 0. The maximum atomic E-state index is 14.9. The van der Waals surface area contributed by atoms with Crippen molar-refractivity contribution in [1.29, 1.82) is 0 Å². The van der Waals surface area contributed by atoms with Crippen LogP contribution in [-0.4, -0.2) is 6.36 Å². The minimum absolute atomic E-state index is 0.132. The van der Waals surface area contributed by atoms with E-state index in [1.807, 2.05) is 12.1 Å². The van der Waals surface area contributed by atoms with E-state index in [9.17, 15) is 26.3 Å². The van der Waals surface area contributed by atoms with Crippen LogP contribution in [0.1, 0.15) is 69.8 Å². The van der Waals surface area contributed by atoms with Crippen molar-refractivity contribution in [2.45, 2.75) is 70.6 Å². The van der Waals surface area contributed by atoms with E-state index in [-0.39, 0.29) is 11.1 Å². The predicted molar refractivity (Wildman–Crippen MR) is 133 cm³/mol. The van der Waals surface area contributed by atoms with Crippen LogP contribution < -0.4 is 4.74 Å². The van der Waals surface area contributed by atoms with Gasteiger partial charge in [0.1, 0.15) is 5.82 Å². The SMILES string of the molecule is CCCCCC1CCC(c2ccc(-c3ccc(-c4cc(F)c(OC(F)(F)F)c(F)c4)c(F)c3)cc2)CC1. The molecule has 0 spiro atoms. The molecule has 0 aliphatic heterocycles. The van der Waals surface area contributed by atoms with Crippen LogP contribution in [0.25, 0.3) is 22.3 Å². The molecule has 198 valence electrons. The second-order valence-electron chi connectivity index (χ2n) is 9.85. The standard InChI is InChI=1S/C30H30F6O/c1-2-3-4-5-19-6-8-20(9-7-19)21-10-12-22(13-11-21)23-14-15-25(26(31)16-23)24-17-27(32)29(28(33)18-24)37-30(34,35)36/h10-20H,2-9H2,1H3. The summed E-state index contributed by atoms with van der Waals surface area (Å²) in [6.45, 7) is 2.23. The van der Waals surface area contributed by atoms with Crippen molar-refractivity contribution >= 4 is 0 Å². The van der Waals surface area contributed by atoms with Gasteiger partial charge in [-0.2, -0.15) is 0 Å². The number of benzene rings is 3. The minimum Gasteiger partial charge on any atom is -0.399 e. The first kappa shape index (κ1) is 27.1. The van der Waals surface area contributed by atoms with Crippen molar-refractivity contribution in [1.82, 2.24) is 0 Å². The Balaban J connectivity index is 1.45. The fourth-order valence-electron chi connectivity index (χ4n) is 5.27. The molecule has 0 saturated heterocycles. The lowest BCUT2D eigenvalue weighted by Crippen LogP contribution is -2.19. The largest absolute Gasteiger partial charge is 0.573 e. The summed E-state index contributed by atoms with van der Waals surface area (Å²) in [5, 5.41) is 0. The number of rotatable bonds is 8. The van der Waals surface area contributed by atoms with Crippen molar-refractivity contribution in [3.05, 3.63) is 77.6 Å². The zero-order valence-electron chi connectivity index (χ0n) is 20.7. The summed E-state index contributed by atoms with van der Waals surface area (Å²) < 4.78 is 83.6. The third-order valence-corrected chi connectivity index (χ3v) is 7.27. The van der Waals surface area contributed by atoms with Gasteiger partial charge in [0.25, 0.3) is 0 Å². The van der Waals surface area contributed by atoms with Gasteiger partial charge in [-0.15, -0.1) is 13.2 Å². The lowest BCUT2D eigenvalue weighted by Gasteiger charge is -2.29. The monoisotopic (exact) mass is 520 g/mol. The van der Waals surface area contributed by atoms with E-state index in [2.05, 4.69) is 23.8 Å². The summed E-state index contributed by atoms with van der Waals surface area (Å²) in [6.07, 6.45) is 4.82. The lowest BCUT2D eigenvalue weighted by atomic mass is 9.77. The Bertz CT molecular complexity index is 1170. The van der Waals surface area contributed by atoms with E-state index in [4.69, 9.17) is 0 Å². The number of unbranched alkanes of at least 4 members (excludes halogenated alkanes) is 2. The Morgan fingerprint density at radius 2 is 1.32 bits per heavy atom. The molecule has 1 nitrogen and oxygen atoms in total. The summed E-state index contributed by atoms with van der Waals surface area (Å²) in [4.78, 5) is 0. The smallest absolute Gasteiger partial charge is 0.399 e. The Morgan fingerprint density at radius 3 is 1.89 bits per heavy atom. The number of hydrogen-bond acceptors (Lipinski definition) is 1. The van der Waals surface area contributed by atoms with E-state index in [1.54, 1.807) is 6.07 Å². The lowest BCUT2D eigenvalue weighted by molar-refractivity contribution is -0.276. The number of halogens is 6. The molecule has 4 rings (SSSR count). The first-order chi connectivity index (χ1) is 17.6. The van der Waals surface area contributed by atoms with E-state index < -0.39 is 29.6 Å². The highest BCUT2D eigenvalue weighted by Crippen LogP contribution is 2.39. The summed E-state index contributed by atoms with van der Waals surface area (Å²) in [6, 6.07) is 13.5. The van der Waals surface area contributed by atoms with Crippen LogP contribution in [-0.2, 0) is 0 Å². The highest BCUT2D eigenvalue weighted by atomic mass is 19.4. The van der Waals surface area contributed by atoms with Crippen LogP contribution in [0.4, 0.5) is 26.3 Å². The maximum absolute atomic E-state index is 14.9. The van der Waals surface area contributed by atoms with Gasteiger partial charge >= 0.3 is 6.36 Å². The van der Waals surface area contributed by atoms with Crippen LogP contribution in [0.2, 0.25) is 0 Å². The zero-order chi connectivity index (χ0) is 26.6. The number of hydrogen-bond donors (Lipinski definition) is 0.